The first-order valence-corrected chi connectivity index (χ1v) is 10.9. The van der Waals surface area contributed by atoms with E-state index in [1.54, 1.807) is 14.2 Å². The molecule has 166 valence electrons. The Balaban J connectivity index is 1.59. The molecule has 1 amide bonds. The SMILES string of the molecule is COc1cc2nc(/C=C\c3ccccc3)nc(NCCCN3CCCC3=O)c2cc1OC. The monoisotopic (exact) mass is 432 g/mol. The van der Waals surface area contributed by atoms with Gasteiger partial charge in [-0.25, -0.2) is 9.97 Å². The van der Waals surface area contributed by atoms with E-state index in [1.165, 1.54) is 0 Å². The molecule has 1 N–H and O–H groups in total. The first-order valence-electron chi connectivity index (χ1n) is 10.9. The number of carbonyl (C=O) groups is 1. The van der Waals surface area contributed by atoms with Crippen LogP contribution in [0.4, 0.5) is 5.82 Å². The third kappa shape index (κ3) is 4.99. The summed E-state index contributed by atoms with van der Waals surface area (Å²) in [6.07, 6.45) is 6.37. The van der Waals surface area contributed by atoms with E-state index in [1.807, 2.05) is 59.5 Å². The summed E-state index contributed by atoms with van der Waals surface area (Å²) in [4.78, 5) is 23.2. The molecule has 1 aromatic heterocycles. The fraction of sp³-hybridized carbons (Fsp3) is 0.320. The maximum absolute atomic E-state index is 11.8. The Morgan fingerprint density at radius 1 is 1.06 bits per heavy atom. The Bertz CT molecular complexity index is 1120. The van der Waals surface area contributed by atoms with Crippen molar-refractivity contribution in [3.05, 3.63) is 53.9 Å². The van der Waals surface area contributed by atoms with Crippen LogP contribution in [0, 0.1) is 0 Å². The van der Waals surface area contributed by atoms with Crippen LogP contribution in [0.1, 0.15) is 30.7 Å². The summed E-state index contributed by atoms with van der Waals surface area (Å²) in [6, 6.07) is 13.8. The highest BCUT2D eigenvalue weighted by atomic mass is 16.5. The van der Waals surface area contributed by atoms with Gasteiger partial charge in [0.25, 0.3) is 0 Å². The van der Waals surface area contributed by atoms with E-state index in [2.05, 4.69) is 5.32 Å². The van der Waals surface area contributed by atoms with E-state index in [-0.39, 0.29) is 5.91 Å². The fourth-order valence-corrected chi connectivity index (χ4v) is 3.83. The molecule has 7 heteroatoms. The Labute approximate surface area is 188 Å². The molecular formula is C25H28N4O3. The molecule has 0 aliphatic carbocycles. The minimum atomic E-state index is 0.252. The first-order chi connectivity index (χ1) is 15.7. The Morgan fingerprint density at radius 3 is 2.56 bits per heavy atom. The van der Waals surface area contributed by atoms with Gasteiger partial charge in [-0.05, 0) is 30.5 Å². The number of methoxy groups -OCH3 is 2. The van der Waals surface area contributed by atoms with Crippen LogP contribution in [0.5, 0.6) is 11.5 Å². The number of amides is 1. The zero-order chi connectivity index (χ0) is 22.3. The molecule has 0 unspecified atom stereocenters. The molecule has 0 radical (unpaired) electrons. The number of ether oxygens (including phenoxy) is 2. The smallest absolute Gasteiger partial charge is 0.222 e. The third-order valence-corrected chi connectivity index (χ3v) is 5.51. The van der Waals surface area contributed by atoms with Crippen molar-refractivity contribution < 1.29 is 14.3 Å². The molecule has 3 aromatic rings. The van der Waals surface area contributed by atoms with Crippen molar-refractivity contribution in [2.24, 2.45) is 0 Å². The topological polar surface area (TPSA) is 76.6 Å². The third-order valence-electron chi connectivity index (χ3n) is 5.51. The zero-order valence-electron chi connectivity index (χ0n) is 18.5. The maximum atomic E-state index is 11.8. The summed E-state index contributed by atoms with van der Waals surface area (Å²) in [5.41, 5.74) is 1.84. The minimum Gasteiger partial charge on any atom is -0.493 e. The normalized spacial score (nSPS) is 13.8. The molecule has 32 heavy (non-hydrogen) atoms. The number of fused-ring (bicyclic) bond motifs is 1. The molecule has 2 heterocycles. The fourth-order valence-electron chi connectivity index (χ4n) is 3.83. The van der Waals surface area contributed by atoms with Gasteiger partial charge in [-0.15, -0.1) is 0 Å². The van der Waals surface area contributed by atoms with Gasteiger partial charge in [0.2, 0.25) is 5.91 Å². The molecule has 1 aliphatic heterocycles. The molecule has 7 nitrogen and oxygen atoms in total. The van der Waals surface area contributed by atoms with Gasteiger partial charge in [0.1, 0.15) is 5.82 Å². The summed E-state index contributed by atoms with van der Waals surface area (Å²) < 4.78 is 10.9. The second-order valence-electron chi connectivity index (χ2n) is 7.66. The molecule has 2 aromatic carbocycles. The Hall–Kier alpha value is -3.61. The van der Waals surface area contributed by atoms with Crippen LogP contribution in [0.15, 0.2) is 42.5 Å². The maximum Gasteiger partial charge on any atom is 0.222 e. The summed E-state index contributed by atoms with van der Waals surface area (Å²) in [5, 5.41) is 4.29. The molecule has 0 atom stereocenters. The summed E-state index contributed by atoms with van der Waals surface area (Å²) in [6.45, 7) is 2.32. The molecule has 1 aliphatic rings. The van der Waals surface area contributed by atoms with E-state index in [4.69, 9.17) is 19.4 Å². The molecule has 4 rings (SSSR count). The number of benzene rings is 2. The lowest BCUT2D eigenvalue weighted by Gasteiger charge is -2.16. The van der Waals surface area contributed by atoms with Gasteiger partial charge in [0, 0.05) is 37.5 Å². The van der Waals surface area contributed by atoms with E-state index in [0.717, 1.165) is 48.2 Å². The van der Waals surface area contributed by atoms with Gasteiger partial charge in [-0.1, -0.05) is 36.4 Å². The van der Waals surface area contributed by atoms with Gasteiger partial charge in [0.05, 0.1) is 19.7 Å². The van der Waals surface area contributed by atoms with Gasteiger partial charge in [-0.3, -0.25) is 4.79 Å². The number of carbonyl (C=O) groups excluding carboxylic acids is 1. The van der Waals surface area contributed by atoms with Crippen LogP contribution in [0.25, 0.3) is 23.1 Å². The van der Waals surface area contributed by atoms with E-state index in [9.17, 15) is 4.79 Å². The van der Waals surface area contributed by atoms with Gasteiger partial charge in [0.15, 0.2) is 17.3 Å². The van der Waals surface area contributed by atoms with Crippen molar-refractivity contribution in [3.8, 4) is 11.5 Å². The van der Waals surface area contributed by atoms with Crippen molar-refractivity contribution in [2.75, 3.05) is 39.2 Å². The summed E-state index contributed by atoms with van der Waals surface area (Å²) in [5.74, 6) is 2.84. The van der Waals surface area contributed by atoms with Crippen molar-refractivity contribution >= 4 is 34.8 Å². The van der Waals surface area contributed by atoms with Crippen molar-refractivity contribution in [1.29, 1.82) is 0 Å². The Kier molecular flexibility index (Phi) is 6.84. The number of rotatable bonds is 9. The molecule has 0 saturated carbocycles. The van der Waals surface area contributed by atoms with Crippen molar-refractivity contribution in [3.63, 3.8) is 0 Å². The average Bonchev–Trinajstić information content (AvgIpc) is 3.24. The predicted octanol–water partition coefficient (Wildman–Crippen LogP) is 4.24. The van der Waals surface area contributed by atoms with Gasteiger partial charge in [-0.2, -0.15) is 0 Å². The van der Waals surface area contributed by atoms with Crippen LogP contribution < -0.4 is 14.8 Å². The molecule has 0 spiro atoms. The van der Waals surface area contributed by atoms with Crippen LogP contribution in [-0.2, 0) is 4.79 Å². The number of nitrogens with one attached hydrogen (secondary N) is 1. The lowest BCUT2D eigenvalue weighted by Crippen LogP contribution is -2.27. The molecule has 0 bridgehead atoms. The van der Waals surface area contributed by atoms with Gasteiger partial charge >= 0.3 is 0 Å². The quantitative estimate of drug-likeness (QED) is 0.510. The second kappa shape index (κ2) is 10.1. The average molecular weight is 433 g/mol. The summed E-state index contributed by atoms with van der Waals surface area (Å²) in [7, 11) is 3.22. The number of anilines is 1. The first kappa shape index (κ1) is 21.6. The van der Waals surface area contributed by atoms with Crippen molar-refractivity contribution in [2.45, 2.75) is 19.3 Å². The summed E-state index contributed by atoms with van der Waals surface area (Å²) >= 11 is 0. The minimum absolute atomic E-state index is 0.252. The van der Waals surface area contributed by atoms with Crippen LogP contribution in [0.3, 0.4) is 0 Å². The van der Waals surface area contributed by atoms with Crippen LogP contribution in [0.2, 0.25) is 0 Å². The van der Waals surface area contributed by atoms with Crippen LogP contribution in [-0.4, -0.2) is 54.6 Å². The largest absolute Gasteiger partial charge is 0.493 e. The highest BCUT2D eigenvalue weighted by Crippen LogP contribution is 2.34. The zero-order valence-corrected chi connectivity index (χ0v) is 18.5. The van der Waals surface area contributed by atoms with Crippen molar-refractivity contribution in [1.82, 2.24) is 14.9 Å². The number of hydrogen-bond donors (Lipinski definition) is 1. The standard InChI is InChI=1S/C25H28N4O3/c1-31-21-16-19-20(17-22(21)32-2)27-23(12-11-18-8-4-3-5-9-18)28-25(19)26-13-7-15-29-14-6-10-24(29)30/h3-5,8-9,11-12,16-17H,6-7,10,13-15H2,1-2H3,(H,26,27,28)/b12-11-. The highest BCUT2D eigenvalue weighted by molar-refractivity contribution is 5.92. The number of nitrogens with zero attached hydrogens (tertiary/aromatic N) is 3. The van der Waals surface area contributed by atoms with E-state index >= 15 is 0 Å². The highest BCUT2D eigenvalue weighted by Gasteiger charge is 2.19. The second-order valence-corrected chi connectivity index (χ2v) is 7.66. The van der Waals surface area contributed by atoms with Crippen LogP contribution >= 0.6 is 0 Å². The number of hydrogen-bond acceptors (Lipinski definition) is 6. The number of likely N-dealkylation sites (tertiary alicyclic amines) is 1. The Morgan fingerprint density at radius 2 is 1.84 bits per heavy atom. The lowest BCUT2D eigenvalue weighted by molar-refractivity contribution is -0.127. The molecular weight excluding hydrogens is 404 g/mol. The van der Waals surface area contributed by atoms with E-state index < -0.39 is 0 Å². The molecule has 1 saturated heterocycles. The number of aromatic nitrogens is 2. The van der Waals surface area contributed by atoms with Gasteiger partial charge < -0.3 is 19.7 Å². The predicted molar refractivity (Wildman–Crippen MR) is 127 cm³/mol. The lowest BCUT2D eigenvalue weighted by atomic mass is 10.2. The van der Waals surface area contributed by atoms with E-state index in [0.29, 0.717) is 30.3 Å². The molecule has 1 fully saturated rings.